The summed E-state index contributed by atoms with van der Waals surface area (Å²) >= 11 is 1.75. The summed E-state index contributed by atoms with van der Waals surface area (Å²) < 4.78 is 12.0. The smallest absolute Gasteiger partial charge is 0.160 e. The number of hydrogen-bond donors (Lipinski definition) is 0. The zero-order chi connectivity index (χ0) is 18.1. The van der Waals surface area contributed by atoms with E-state index in [-0.39, 0.29) is 11.7 Å². The molecular formula is C22H20O3S. The van der Waals surface area contributed by atoms with Gasteiger partial charge in [0.1, 0.15) is 0 Å². The second kappa shape index (κ2) is 6.96. The van der Waals surface area contributed by atoms with Gasteiger partial charge in [0.25, 0.3) is 0 Å². The van der Waals surface area contributed by atoms with Crippen LogP contribution in [0.2, 0.25) is 0 Å². The molecule has 0 aliphatic heterocycles. The van der Waals surface area contributed by atoms with Gasteiger partial charge in [0, 0.05) is 16.0 Å². The predicted molar refractivity (Wildman–Crippen MR) is 106 cm³/mol. The Morgan fingerprint density at radius 1 is 0.962 bits per heavy atom. The first-order valence-electron chi connectivity index (χ1n) is 8.62. The van der Waals surface area contributed by atoms with Crippen molar-refractivity contribution in [2.24, 2.45) is 0 Å². The van der Waals surface area contributed by atoms with Crippen LogP contribution < -0.4 is 9.47 Å². The van der Waals surface area contributed by atoms with Gasteiger partial charge in [-0.15, -0.1) is 11.3 Å². The van der Waals surface area contributed by atoms with Crippen LogP contribution in [0.3, 0.4) is 0 Å². The van der Waals surface area contributed by atoms with Crippen molar-refractivity contribution < 1.29 is 14.3 Å². The fraction of sp³-hybridized carbons (Fsp3) is 0.227. The summed E-state index contributed by atoms with van der Waals surface area (Å²) in [6, 6.07) is 16.5. The first-order valence-corrected chi connectivity index (χ1v) is 9.44. The Labute approximate surface area is 156 Å². The van der Waals surface area contributed by atoms with Crippen LogP contribution in [0.4, 0.5) is 0 Å². The highest BCUT2D eigenvalue weighted by molar-refractivity contribution is 7.20. The van der Waals surface area contributed by atoms with Crippen molar-refractivity contribution in [3.05, 3.63) is 65.0 Å². The first kappa shape index (κ1) is 16.9. The van der Waals surface area contributed by atoms with E-state index in [2.05, 4.69) is 24.3 Å². The summed E-state index contributed by atoms with van der Waals surface area (Å²) in [5.74, 6) is 1.75. The zero-order valence-corrected chi connectivity index (χ0v) is 15.6. The van der Waals surface area contributed by atoms with Crippen molar-refractivity contribution in [1.82, 2.24) is 0 Å². The number of allylic oxidation sites excluding steroid dienone is 2. The van der Waals surface area contributed by atoms with Crippen LogP contribution in [-0.2, 0) is 4.79 Å². The summed E-state index contributed by atoms with van der Waals surface area (Å²) in [5, 5.41) is 1.23. The molecule has 0 N–H and O–H groups in total. The Hall–Kier alpha value is -2.59. The Morgan fingerprint density at radius 3 is 2.54 bits per heavy atom. The van der Waals surface area contributed by atoms with Crippen LogP contribution >= 0.6 is 11.3 Å². The summed E-state index contributed by atoms with van der Waals surface area (Å²) in [4.78, 5) is 13.6. The highest BCUT2D eigenvalue weighted by Crippen LogP contribution is 2.41. The van der Waals surface area contributed by atoms with Crippen LogP contribution in [0.15, 0.2) is 54.6 Å². The van der Waals surface area contributed by atoms with Crippen molar-refractivity contribution in [3.63, 3.8) is 0 Å². The number of hydrogen-bond acceptors (Lipinski definition) is 4. The van der Waals surface area contributed by atoms with E-state index in [1.807, 2.05) is 30.3 Å². The Morgan fingerprint density at radius 2 is 1.77 bits per heavy atom. The van der Waals surface area contributed by atoms with Gasteiger partial charge in [-0.05, 0) is 59.2 Å². The highest BCUT2D eigenvalue weighted by atomic mass is 32.1. The maximum absolute atomic E-state index is 12.4. The minimum absolute atomic E-state index is 0.160. The maximum Gasteiger partial charge on any atom is 0.160 e. The topological polar surface area (TPSA) is 35.5 Å². The third-order valence-electron chi connectivity index (χ3n) is 4.87. The minimum Gasteiger partial charge on any atom is -0.493 e. The molecule has 0 saturated heterocycles. The van der Waals surface area contributed by atoms with E-state index < -0.39 is 0 Å². The molecule has 4 rings (SSSR count). The van der Waals surface area contributed by atoms with Crippen LogP contribution in [0.5, 0.6) is 11.5 Å². The molecule has 0 spiro atoms. The molecule has 1 atom stereocenters. The van der Waals surface area contributed by atoms with Crippen molar-refractivity contribution in [1.29, 1.82) is 0 Å². The largest absolute Gasteiger partial charge is 0.493 e. The summed E-state index contributed by atoms with van der Waals surface area (Å²) in [5.41, 5.74) is 2.24. The van der Waals surface area contributed by atoms with Gasteiger partial charge >= 0.3 is 0 Å². The van der Waals surface area contributed by atoms with Crippen molar-refractivity contribution in [2.75, 3.05) is 14.2 Å². The average Bonchev–Trinajstić information content (AvgIpc) is 3.11. The number of benzene rings is 2. The van der Waals surface area contributed by atoms with Crippen molar-refractivity contribution in [3.8, 4) is 11.5 Å². The lowest BCUT2D eigenvalue weighted by Gasteiger charge is -2.23. The van der Waals surface area contributed by atoms with E-state index in [0.29, 0.717) is 17.9 Å². The molecular weight excluding hydrogens is 344 g/mol. The SMILES string of the molecule is COc1ccc(C2CC(=O)C=C(c3cc4ccccc4s3)C2)cc1OC. The molecule has 0 radical (unpaired) electrons. The first-order chi connectivity index (χ1) is 12.7. The fourth-order valence-corrected chi connectivity index (χ4v) is 4.63. The molecule has 1 unspecified atom stereocenters. The molecule has 2 aromatic carbocycles. The Kier molecular flexibility index (Phi) is 4.51. The summed E-state index contributed by atoms with van der Waals surface area (Å²) in [6.07, 6.45) is 3.21. The van der Waals surface area contributed by atoms with Gasteiger partial charge in [-0.2, -0.15) is 0 Å². The van der Waals surface area contributed by atoms with Crippen LogP contribution in [0.1, 0.15) is 29.2 Å². The highest BCUT2D eigenvalue weighted by Gasteiger charge is 2.24. The van der Waals surface area contributed by atoms with Gasteiger partial charge in [0.2, 0.25) is 0 Å². The van der Waals surface area contributed by atoms with E-state index in [4.69, 9.17) is 9.47 Å². The minimum atomic E-state index is 0.160. The van der Waals surface area contributed by atoms with E-state index in [9.17, 15) is 4.79 Å². The van der Waals surface area contributed by atoms with Gasteiger partial charge in [-0.25, -0.2) is 0 Å². The van der Waals surface area contributed by atoms with Crippen LogP contribution in [-0.4, -0.2) is 20.0 Å². The number of rotatable bonds is 4. The van der Waals surface area contributed by atoms with E-state index >= 15 is 0 Å². The average molecular weight is 364 g/mol. The lowest BCUT2D eigenvalue weighted by atomic mass is 9.82. The fourth-order valence-electron chi connectivity index (χ4n) is 3.55. The van der Waals surface area contributed by atoms with Crippen molar-refractivity contribution >= 4 is 32.8 Å². The molecule has 1 heterocycles. The van der Waals surface area contributed by atoms with Gasteiger partial charge in [-0.3, -0.25) is 4.79 Å². The lowest BCUT2D eigenvalue weighted by Crippen LogP contribution is -2.12. The second-order valence-electron chi connectivity index (χ2n) is 6.50. The van der Waals surface area contributed by atoms with E-state index in [1.54, 1.807) is 25.6 Å². The molecule has 1 aliphatic rings. The second-order valence-corrected chi connectivity index (χ2v) is 7.59. The summed E-state index contributed by atoms with van der Waals surface area (Å²) in [6.45, 7) is 0. The Bertz CT molecular complexity index is 967. The summed E-state index contributed by atoms with van der Waals surface area (Å²) in [7, 11) is 3.26. The molecule has 3 nitrogen and oxygen atoms in total. The molecule has 1 aromatic heterocycles. The number of ether oxygens (including phenoxy) is 2. The molecule has 0 saturated carbocycles. The monoisotopic (exact) mass is 364 g/mol. The number of fused-ring (bicyclic) bond motifs is 1. The van der Waals surface area contributed by atoms with Crippen LogP contribution in [0, 0.1) is 0 Å². The molecule has 0 fully saturated rings. The third kappa shape index (κ3) is 3.13. The molecule has 132 valence electrons. The molecule has 4 heteroatoms. The number of methoxy groups -OCH3 is 2. The van der Waals surface area contributed by atoms with E-state index in [1.165, 1.54) is 15.0 Å². The van der Waals surface area contributed by atoms with E-state index in [0.717, 1.165) is 17.6 Å². The molecule has 0 amide bonds. The van der Waals surface area contributed by atoms with Gasteiger partial charge < -0.3 is 9.47 Å². The number of carbonyl (C=O) groups is 1. The molecule has 3 aromatic rings. The van der Waals surface area contributed by atoms with Gasteiger partial charge in [0.15, 0.2) is 17.3 Å². The molecule has 26 heavy (non-hydrogen) atoms. The standard InChI is InChI=1S/C22H20O3S/c1-24-19-8-7-14(12-20(19)25-2)16-9-17(11-18(23)10-16)22-13-15-5-3-4-6-21(15)26-22/h3-8,11-13,16H,9-10H2,1-2H3. The van der Waals surface area contributed by atoms with Crippen molar-refractivity contribution in [2.45, 2.75) is 18.8 Å². The maximum atomic E-state index is 12.4. The molecule has 1 aliphatic carbocycles. The molecule has 0 bridgehead atoms. The number of thiophene rings is 1. The van der Waals surface area contributed by atoms with Gasteiger partial charge in [-0.1, -0.05) is 24.3 Å². The normalized spacial score (nSPS) is 17.2. The predicted octanol–water partition coefficient (Wildman–Crippen LogP) is 5.45. The number of ketones is 1. The third-order valence-corrected chi connectivity index (χ3v) is 6.06. The number of carbonyl (C=O) groups excluding carboxylic acids is 1. The van der Waals surface area contributed by atoms with Crippen LogP contribution in [0.25, 0.3) is 15.7 Å². The quantitative estimate of drug-likeness (QED) is 0.618. The zero-order valence-electron chi connectivity index (χ0n) is 14.8. The lowest BCUT2D eigenvalue weighted by molar-refractivity contribution is -0.115. The van der Waals surface area contributed by atoms with Gasteiger partial charge in [0.05, 0.1) is 14.2 Å². The Balaban J connectivity index is 1.66.